The molecule has 0 aliphatic carbocycles. The number of rotatable bonds is 5. The van der Waals surface area contributed by atoms with Crippen molar-refractivity contribution in [3.63, 3.8) is 0 Å². The SMILES string of the molecule is CC[C@@H](NC(=O)c1cccc([N+](=O)[O-])c1)c1ccc(C)cc1C. The molecule has 5 nitrogen and oxygen atoms in total. The van der Waals surface area contributed by atoms with Crippen LogP contribution in [-0.4, -0.2) is 10.8 Å². The normalized spacial score (nSPS) is 11.8. The molecule has 0 saturated heterocycles. The molecular formula is C18H20N2O3. The van der Waals surface area contributed by atoms with Crippen LogP contribution in [0, 0.1) is 24.0 Å². The molecule has 0 bridgehead atoms. The van der Waals surface area contributed by atoms with Crippen molar-refractivity contribution in [3.8, 4) is 0 Å². The van der Waals surface area contributed by atoms with E-state index in [0.717, 1.165) is 17.5 Å². The quantitative estimate of drug-likeness (QED) is 0.667. The van der Waals surface area contributed by atoms with Crippen LogP contribution >= 0.6 is 0 Å². The van der Waals surface area contributed by atoms with Gasteiger partial charge in [0, 0.05) is 17.7 Å². The monoisotopic (exact) mass is 312 g/mol. The van der Waals surface area contributed by atoms with E-state index in [2.05, 4.69) is 11.4 Å². The highest BCUT2D eigenvalue weighted by Gasteiger charge is 2.17. The maximum absolute atomic E-state index is 12.4. The topological polar surface area (TPSA) is 72.2 Å². The maximum atomic E-state index is 12.4. The summed E-state index contributed by atoms with van der Waals surface area (Å²) in [5.41, 5.74) is 3.57. The van der Waals surface area contributed by atoms with Gasteiger partial charge >= 0.3 is 0 Å². The molecule has 0 aliphatic heterocycles. The smallest absolute Gasteiger partial charge is 0.270 e. The van der Waals surface area contributed by atoms with Crippen LogP contribution in [0.2, 0.25) is 0 Å². The van der Waals surface area contributed by atoms with E-state index in [4.69, 9.17) is 0 Å². The van der Waals surface area contributed by atoms with Crippen LogP contribution in [0.25, 0.3) is 0 Å². The van der Waals surface area contributed by atoms with Crippen molar-refractivity contribution in [3.05, 3.63) is 74.8 Å². The van der Waals surface area contributed by atoms with Crippen molar-refractivity contribution in [1.82, 2.24) is 5.32 Å². The Morgan fingerprint density at radius 1 is 1.22 bits per heavy atom. The van der Waals surface area contributed by atoms with Crippen molar-refractivity contribution >= 4 is 11.6 Å². The molecule has 0 spiro atoms. The lowest BCUT2D eigenvalue weighted by molar-refractivity contribution is -0.384. The van der Waals surface area contributed by atoms with Gasteiger partial charge in [-0.3, -0.25) is 14.9 Å². The first-order valence-electron chi connectivity index (χ1n) is 7.54. The van der Waals surface area contributed by atoms with Crippen LogP contribution in [-0.2, 0) is 0 Å². The van der Waals surface area contributed by atoms with Gasteiger partial charge in [0.25, 0.3) is 11.6 Å². The molecule has 1 N–H and O–H groups in total. The van der Waals surface area contributed by atoms with E-state index in [9.17, 15) is 14.9 Å². The molecule has 0 radical (unpaired) electrons. The van der Waals surface area contributed by atoms with Crippen LogP contribution < -0.4 is 5.32 Å². The van der Waals surface area contributed by atoms with E-state index < -0.39 is 4.92 Å². The molecule has 1 amide bonds. The van der Waals surface area contributed by atoms with Crippen molar-refractivity contribution in [1.29, 1.82) is 0 Å². The lowest BCUT2D eigenvalue weighted by Gasteiger charge is -2.20. The molecule has 23 heavy (non-hydrogen) atoms. The van der Waals surface area contributed by atoms with E-state index in [1.807, 2.05) is 32.9 Å². The molecule has 2 aromatic carbocycles. The fourth-order valence-electron chi connectivity index (χ4n) is 2.62. The predicted octanol–water partition coefficient (Wildman–Crippen LogP) is 4.09. The van der Waals surface area contributed by atoms with E-state index in [1.165, 1.54) is 23.8 Å². The lowest BCUT2D eigenvalue weighted by atomic mass is 9.97. The molecule has 120 valence electrons. The highest BCUT2D eigenvalue weighted by molar-refractivity contribution is 5.95. The Hall–Kier alpha value is -2.69. The number of non-ortho nitro benzene ring substituents is 1. The number of hydrogen-bond acceptors (Lipinski definition) is 3. The zero-order valence-corrected chi connectivity index (χ0v) is 13.5. The molecule has 0 aromatic heterocycles. The van der Waals surface area contributed by atoms with Crippen LogP contribution in [0.3, 0.4) is 0 Å². The Morgan fingerprint density at radius 3 is 2.57 bits per heavy atom. The van der Waals surface area contributed by atoms with E-state index >= 15 is 0 Å². The van der Waals surface area contributed by atoms with Gasteiger partial charge in [0.2, 0.25) is 0 Å². The second-order valence-corrected chi connectivity index (χ2v) is 5.60. The minimum atomic E-state index is -0.502. The number of aryl methyl sites for hydroxylation is 2. The summed E-state index contributed by atoms with van der Waals surface area (Å²) in [6.07, 6.45) is 0.741. The zero-order valence-electron chi connectivity index (χ0n) is 13.5. The third kappa shape index (κ3) is 3.94. The van der Waals surface area contributed by atoms with E-state index in [-0.39, 0.29) is 17.6 Å². The van der Waals surface area contributed by atoms with E-state index in [1.54, 1.807) is 6.07 Å². The Kier molecular flexibility index (Phi) is 5.11. The molecule has 0 aliphatic rings. The summed E-state index contributed by atoms with van der Waals surface area (Å²) < 4.78 is 0. The number of nitro groups is 1. The fraction of sp³-hybridized carbons (Fsp3) is 0.278. The van der Waals surface area contributed by atoms with Gasteiger partial charge in [-0.2, -0.15) is 0 Å². The summed E-state index contributed by atoms with van der Waals surface area (Å²) in [4.78, 5) is 22.7. The first-order valence-corrected chi connectivity index (χ1v) is 7.54. The summed E-state index contributed by atoms with van der Waals surface area (Å²) in [5.74, 6) is -0.305. The van der Waals surface area contributed by atoms with Crippen molar-refractivity contribution in [2.45, 2.75) is 33.2 Å². The van der Waals surface area contributed by atoms with Gasteiger partial charge in [-0.1, -0.05) is 36.8 Å². The van der Waals surface area contributed by atoms with Gasteiger partial charge in [0.15, 0.2) is 0 Å². The number of amides is 1. The molecule has 2 aromatic rings. The molecule has 5 heteroatoms. The van der Waals surface area contributed by atoms with Crippen molar-refractivity contribution in [2.75, 3.05) is 0 Å². The molecule has 0 unspecified atom stereocenters. The number of carbonyl (C=O) groups excluding carboxylic acids is 1. The average Bonchev–Trinajstić information content (AvgIpc) is 2.53. The second-order valence-electron chi connectivity index (χ2n) is 5.60. The van der Waals surface area contributed by atoms with Gasteiger partial charge < -0.3 is 5.32 Å². The molecular weight excluding hydrogens is 292 g/mol. The molecule has 2 rings (SSSR count). The van der Waals surface area contributed by atoms with Crippen LogP contribution in [0.1, 0.15) is 46.4 Å². The Bertz CT molecular complexity index is 741. The first kappa shape index (κ1) is 16.7. The summed E-state index contributed by atoms with van der Waals surface area (Å²) in [5, 5.41) is 13.8. The molecule has 1 atom stereocenters. The number of nitrogens with one attached hydrogen (secondary N) is 1. The number of nitro benzene ring substituents is 1. The van der Waals surface area contributed by atoms with Crippen LogP contribution in [0.5, 0.6) is 0 Å². The summed E-state index contributed by atoms with van der Waals surface area (Å²) in [6, 6.07) is 11.8. The maximum Gasteiger partial charge on any atom is 0.270 e. The van der Waals surface area contributed by atoms with Gasteiger partial charge in [-0.25, -0.2) is 0 Å². The third-order valence-corrected chi connectivity index (χ3v) is 3.83. The van der Waals surface area contributed by atoms with Crippen LogP contribution in [0.15, 0.2) is 42.5 Å². The zero-order chi connectivity index (χ0) is 17.0. The standard InChI is InChI=1S/C18H20N2O3/c1-4-17(16-9-8-12(2)10-13(16)3)19-18(21)14-6-5-7-15(11-14)20(22)23/h5-11,17H,4H2,1-3H3,(H,19,21)/t17-/m1/s1. The number of carbonyl (C=O) groups is 1. The minimum Gasteiger partial charge on any atom is -0.345 e. The Morgan fingerprint density at radius 2 is 1.96 bits per heavy atom. The molecule has 0 heterocycles. The van der Waals surface area contributed by atoms with Crippen molar-refractivity contribution in [2.24, 2.45) is 0 Å². The van der Waals surface area contributed by atoms with Gasteiger partial charge in [0.1, 0.15) is 0 Å². The predicted molar refractivity (Wildman–Crippen MR) is 89.5 cm³/mol. The Balaban J connectivity index is 2.23. The molecule has 0 saturated carbocycles. The van der Waals surface area contributed by atoms with Crippen molar-refractivity contribution < 1.29 is 9.72 Å². The summed E-state index contributed by atoms with van der Waals surface area (Å²) in [7, 11) is 0. The summed E-state index contributed by atoms with van der Waals surface area (Å²) in [6.45, 7) is 6.04. The number of nitrogens with zero attached hydrogens (tertiary/aromatic N) is 1. The highest BCUT2D eigenvalue weighted by Crippen LogP contribution is 2.22. The minimum absolute atomic E-state index is 0.0859. The number of benzene rings is 2. The fourth-order valence-corrected chi connectivity index (χ4v) is 2.62. The Labute approximate surface area is 135 Å². The second kappa shape index (κ2) is 7.05. The highest BCUT2D eigenvalue weighted by atomic mass is 16.6. The number of hydrogen-bond donors (Lipinski definition) is 1. The van der Waals surface area contributed by atoms with Crippen LogP contribution in [0.4, 0.5) is 5.69 Å². The first-order chi connectivity index (χ1) is 10.9. The molecule has 0 fully saturated rings. The third-order valence-electron chi connectivity index (χ3n) is 3.83. The van der Waals surface area contributed by atoms with Gasteiger partial charge in [0.05, 0.1) is 11.0 Å². The van der Waals surface area contributed by atoms with Gasteiger partial charge in [-0.05, 0) is 37.5 Å². The summed E-state index contributed by atoms with van der Waals surface area (Å²) >= 11 is 0. The average molecular weight is 312 g/mol. The van der Waals surface area contributed by atoms with E-state index in [0.29, 0.717) is 5.56 Å². The largest absolute Gasteiger partial charge is 0.345 e. The van der Waals surface area contributed by atoms with Gasteiger partial charge in [-0.15, -0.1) is 0 Å². The lowest BCUT2D eigenvalue weighted by Crippen LogP contribution is -2.28.